The minimum Gasteiger partial charge on any atom is -0.467 e. The normalized spacial score (nSPS) is 17.6. The van der Waals surface area contributed by atoms with E-state index in [2.05, 4.69) is 9.97 Å². The first kappa shape index (κ1) is 8.48. The third-order valence-electron chi connectivity index (χ3n) is 2.61. The van der Waals surface area contributed by atoms with E-state index >= 15 is 0 Å². The molecular formula is C10H14N2O. The van der Waals surface area contributed by atoms with Gasteiger partial charge in [-0.05, 0) is 18.9 Å². The van der Waals surface area contributed by atoms with Crippen molar-refractivity contribution in [2.45, 2.75) is 31.6 Å². The van der Waals surface area contributed by atoms with Crippen LogP contribution in [0.3, 0.4) is 0 Å². The molecule has 1 saturated carbocycles. The summed E-state index contributed by atoms with van der Waals surface area (Å²) in [4.78, 5) is 8.34. The number of hydrogen-bond acceptors (Lipinski definition) is 3. The molecule has 0 spiro atoms. The van der Waals surface area contributed by atoms with Gasteiger partial charge >= 0.3 is 6.01 Å². The summed E-state index contributed by atoms with van der Waals surface area (Å²) < 4.78 is 4.99. The fourth-order valence-corrected chi connectivity index (χ4v) is 1.90. The number of hydrogen-bond donors (Lipinski definition) is 0. The molecule has 0 N–H and O–H groups in total. The van der Waals surface area contributed by atoms with E-state index in [-0.39, 0.29) is 0 Å². The molecule has 13 heavy (non-hydrogen) atoms. The Kier molecular flexibility index (Phi) is 2.43. The highest BCUT2D eigenvalue weighted by Gasteiger charge is 2.18. The summed E-state index contributed by atoms with van der Waals surface area (Å²) in [6.07, 6.45) is 6.97. The molecule has 0 aliphatic heterocycles. The molecule has 1 fully saturated rings. The maximum atomic E-state index is 4.99. The van der Waals surface area contributed by atoms with Crippen LogP contribution in [-0.4, -0.2) is 17.1 Å². The maximum Gasteiger partial charge on any atom is 0.316 e. The van der Waals surface area contributed by atoms with Crippen LogP contribution in [0, 0.1) is 0 Å². The molecule has 1 aliphatic carbocycles. The molecule has 0 saturated heterocycles. The first-order chi connectivity index (χ1) is 6.40. The molecule has 3 heteroatoms. The average Bonchev–Trinajstić information content (AvgIpc) is 2.71. The Balaban J connectivity index is 2.18. The second-order valence-corrected chi connectivity index (χ2v) is 3.45. The Hall–Kier alpha value is -1.12. The van der Waals surface area contributed by atoms with Crippen LogP contribution in [-0.2, 0) is 0 Å². The minimum atomic E-state index is 0.490. The molecule has 0 bridgehead atoms. The van der Waals surface area contributed by atoms with Gasteiger partial charge in [0.05, 0.1) is 12.8 Å². The number of methoxy groups -OCH3 is 1. The molecule has 0 atom stereocenters. The summed E-state index contributed by atoms with van der Waals surface area (Å²) in [5, 5.41) is 0. The van der Waals surface area contributed by atoms with Crippen LogP contribution in [0.2, 0.25) is 0 Å². The molecule has 1 aromatic heterocycles. The summed E-state index contributed by atoms with van der Waals surface area (Å²) in [6, 6.07) is 2.49. The highest BCUT2D eigenvalue weighted by atomic mass is 16.5. The number of ether oxygens (including phenoxy) is 1. The predicted molar refractivity (Wildman–Crippen MR) is 49.8 cm³/mol. The maximum absolute atomic E-state index is 4.99. The number of rotatable bonds is 2. The van der Waals surface area contributed by atoms with Crippen LogP contribution in [0.5, 0.6) is 6.01 Å². The van der Waals surface area contributed by atoms with E-state index in [1.807, 2.05) is 6.07 Å². The molecule has 3 nitrogen and oxygen atoms in total. The summed E-state index contributed by atoms with van der Waals surface area (Å²) in [5.74, 6) is 0.636. The zero-order valence-electron chi connectivity index (χ0n) is 7.86. The first-order valence-electron chi connectivity index (χ1n) is 4.77. The quantitative estimate of drug-likeness (QED) is 0.696. The van der Waals surface area contributed by atoms with Gasteiger partial charge in [-0.15, -0.1) is 0 Å². The largest absolute Gasteiger partial charge is 0.467 e. The van der Waals surface area contributed by atoms with Gasteiger partial charge in [-0.3, -0.25) is 0 Å². The van der Waals surface area contributed by atoms with Crippen LogP contribution >= 0.6 is 0 Å². The molecule has 2 rings (SSSR count). The Morgan fingerprint density at radius 3 is 2.85 bits per heavy atom. The standard InChI is InChI=1S/C10H14N2O/c1-13-10-11-7-6-9(12-10)8-4-2-3-5-8/h6-8H,2-5H2,1H3. The van der Waals surface area contributed by atoms with E-state index in [9.17, 15) is 0 Å². The van der Waals surface area contributed by atoms with Crippen LogP contribution in [0.15, 0.2) is 12.3 Å². The van der Waals surface area contributed by atoms with Crippen LogP contribution < -0.4 is 4.74 Å². The smallest absolute Gasteiger partial charge is 0.316 e. The number of aromatic nitrogens is 2. The molecular weight excluding hydrogens is 164 g/mol. The van der Waals surface area contributed by atoms with Crippen molar-refractivity contribution in [1.82, 2.24) is 9.97 Å². The van der Waals surface area contributed by atoms with E-state index in [1.165, 1.54) is 25.7 Å². The van der Waals surface area contributed by atoms with E-state index < -0.39 is 0 Å². The Morgan fingerprint density at radius 1 is 1.38 bits per heavy atom. The van der Waals surface area contributed by atoms with Crippen LogP contribution in [0.25, 0.3) is 0 Å². The van der Waals surface area contributed by atoms with Gasteiger partial charge in [0.2, 0.25) is 0 Å². The molecule has 1 heterocycles. The molecule has 0 aromatic carbocycles. The van der Waals surface area contributed by atoms with Crippen molar-refractivity contribution in [1.29, 1.82) is 0 Å². The van der Waals surface area contributed by atoms with Crippen molar-refractivity contribution < 1.29 is 4.74 Å². The summed E-state index contributed by atoms with van der Waals surface area (Å²) in [5.41, 5.74) is 1.14. The first-order valence-corrected chi connectivity index (χ1v) is 4.77. The topological polar surface area (TPSA) is 35.0 Å². The summed E-state index contributed by atoms with van der Waals surface area (Å²) in [6.45, 7) is 0. The van der Waals surface area contributed by atoms with Crippen molar-refractivity contribution in [2.75, 3.05) is 7.11 Å². The van der Waals surface area contributed by atoms with Gasteiger partial charge in [-0.25, -0.2) is 4.98 Å². The van der Waals surface area contributed by atoms with Crippen molar-refractivity contribution in [3.8, 4) is 6.01 Å². The highest BCUT2D eigenvalue weighted by Crippen LogP contribution is 2.33. The lowest BCUT2D eigenvalue weighted by molar-refractivity contribution is 0.376. The third-order valence-corrected chi connectivity index (χ3v) is 2.61. The van der Waals surface area contributed by atoms with E-state index in [0.29, 0.717) is 11.9 Å². The average molecular weight is 178 g/mol. The fraction of sp³-hybridized carbons (Fsp3) is 0.600. The second kappa shape index (κ2) is 3.73. The van der Waals surface area contributed by atoms with Gasteiger partial charge in [0, 0.05) is 12.1 Å². The zero-order chi connectivity index (χ0) is 9.10. The molecule has 1 aliphatic rings. The molecule has 0 unspecified atom stereocenters. The molecule has 1 aromatic rings. The van der Waals surface area contributed by atoms with Crippen molar-refractivity contribution >= 4 is 0 Å². The predicted octanol–water partition coefficient (Wildman–Crippen LogP) is 2.14. The van der Waals surface area contributed by atoms with Gasteiger partial charge in [0.1, 0.15) is 0 Å². The lowest BCUT2D eigenvalue weighted by atomic mass is 10.0. The van der Waals surface area contributed by atoms with Gasteiger partial charge in [0.25, 0.3) is 0 Å². The van der Waals surface area contributed by atoms with Crippen LogP contribution in [0.1, 0.15) is 37.3 Å². The summed E-state index contributed by atoms with van der Waals surface area (Å²) >= 11 is 0. The molecule has 70 valence electrons. The lowest BCUT2D eigenvalue weighted by Gasteiger charge is -2.07. The van der Waals surface area contributed by atoms with Gasteiger partial charge < -0.3 is 4.74 Å². The zero-order valence-corrected chi connectivity index (χ0v) is 7.86. The van der Waals surface area contributed by atoms with Gasteiger partial charge in [-0.2, -0.15) is 4.98 Å². The van der Waals surface area contributed by atoms with E-state index in [1.54, 1.807) is 13.3 Å². The van der Waals surface area contributed by atoms with E-state index in [0.717, 1.165) is 5.69 Å². The Bertz CT molecular complexity index is 282. The lowest BCUT2D eigenvalue weighted by Crippen LogP contribution is -1.99. The fourth-order valence-electron chi connectivity index (χ4n) is 1.90. The van der Waals surface area contributed by atoms with Crippen LogP contribution in [0.4, 0.5) is 0 Å². The summed E-state index contributed by atoms with van der Waals surface area (Å²) in [7, 11) is 1.60. The highest BCUT2D eigenvalue weighted by molar-refractivity contribution is 5.11. The van der Waals surface area contributed by atoms with Gasteiger partial charge in [-0.1, -0.05) is 12.8 Å². The molecule has 0 radical (unpaired) electrons. The van der Waals surface area contributed by atoms with Gasteiger partial charge in [0.15, 0.2) is 0 Å². The third kappa shape index (κ3) is 1.79. The van der Waals surface area contributed by atoms with Crippen molar-refractivity contribution in [3.63, 3.8) is 0 Å². The Labute approximate surface area is 78.2 Å². The van der Waals surface area contributed by atoms with E-state index in [4.69, 9.17) is 4.74 Å². The van der Waals surface area contributed by atoms with Crippen molar-refractivity contribution in [2.24, 2.45) is 0 Å². The molecule has 0 amide bonds. The monoisotopic (exact) mass is 178 g/mol. The van der Waals surface area contributed by atoms with Crippen molar-refractivity contribution in [3.05, 3.63) is 18.0 Å². The number of nitrogens with zero attached hydrogens (tertiary/aromatic N) is 2. The SMILES string of the molecule is COc1nccc(C2CCCC2)n1. The second-order valence-electron chi connectivity index (χ2n) is 3.45. The Morgan fingerprint density at radius 2 is 2.15 bits per heavy atom. The minimum absolute atomic E-state index is 0.490.